The Hall–Kier alpha value is -3.21. The summed E-state index contributed by atoms with van der Waals surface area (Å²) in [4.78, 5) is 1.38. The monoisotopic (exact) mass is 570 g/mol. The molecule has 0 atom stereocenters. The summed E-state index contributed by atoms with van der Waals surface area (Å²) in [5.41, 5.74) is 2.69. The Morgan fingerprint density at radius 3 is 2.15 bits per heavy atom. The highest BCUT2D eigenvalue weighted by atomic mass is 32.2. The molecule has 1 aliphatic carbocycles. The molecule has 8 nitrogen and oxygen atoms in total. The van der Waals surface area contributed by atoms with Gasteiger partial charge >= 0.3 is 0 Å². The van der Waals surface area contributed by atoms with Gasteiger partial charge in [0.2, 0.25) is 5.36 Å². The second-order valence-corrected chi connectivity index (χ2v) is 13.6. The molecule has 0 amide bonds. The zero-order chi connectivity index (χ0) is 28.7. The van der Waals surface area contributed by atoms with Crippen LogP contribution in [0.3, 0.4) is 0 Å². The van der Waals surface area contributed by atoms with Crippen molar-refractivity contribution < 1.29 is 25.8 Å². The molecule has 2 aliphatic rings. The van der Waals surface area contributed by atoms with E-state index in [4.69, 9.17) is 4.42 Å². The zero-order valence-corrected chi connectivity index (χ0v) is 24.7. The third kappa shape index (κ3) is 5.33. The minimum Gasteiger partial charge on any atom is -0.744 e. The molecule has 0 bridgehead atoms. The first-order valence-electron chi connectivity index (χ1n) is 13.0. The lowest BCUT2D eigenvalue weighted by Gasteiger charge is -2.23. The van der Waals surface area contributed by atoms with Crippen LogP contribution in [0, 0.1) is 0 Å². The number of hydrogen-bond donors (Lipinski definition) is 0. The largest absolute Gasteiger partial charge is 0.744 e. The van der Waals surface area contributed by atoms with E-state index in [1.54, 1.807) is 0 Å². The van der Waals surface area contributed by atoms with Gasteiger partial charge in [-0.3, -0.25) is 0 Å². The van der Waals surface area contributed by atoms with E-state index in [1.807, 2.05) is 54.9 Å². The Bertz CT molecular complexity index is 1800. The van der Waals surface area contributed by atoms with Crippen molar-refractivity contribution in [2.45, 2.75) is 49.7 Å². The molecule has 0 unspecified atom stereocenters. The first kappa shape index (κ1) is 28.8. The van der Waals surface area contributed by atoms with E-state index in [2.05, 4.69) is 18.7 Å². The Balaban J connectivity index is 2.17. The van der Waals surface area contributed by atoms with Crippen molar-refractivity contribution in [1.82, 2.24) is 4.58 Å². The number of hydrogen-bond acceptors (Lipinski definition) is 7. The smallest absolute Gasteiger partial charge is 0.203 e. The minimum atomic E-state index is -5.04. The first-order valence-corrected chi connectivity index (χ1v) is 15.9. The van der Waals surface area contributed by atoms with Crippen LogP contribution in [-0.4, -0.2) is 53.3 Å². The van der Waals surface area contributed by atoms with Gasteiger partial charge in [0.1, 0.15) is 35.1 Å². The molecule has 2 aromatic rings. The van der Waals surface area contributed by atoms with Crippen LogP contribution in [0.1, 0.15) is 34.6 Å². The van der Waals surface area contributed by atoms with Gasteiger partial charge in [-0.05, 0) is 65.0 Å². The lowest BCUT2D eigenvalue weighted by Crippen LogP contribution is -2.25. The van der Waals surface area contributed by atoms with E-state index in [-0.39, 0.29) is 10.5 Å². The van der Waals surface area contributed by atoms with Gasteiger partial charge in [-0.2, -0.15) is 0 Å². The van der Waals surface area contributed by atoms with Gasteiger partial charge in [0.05, 0.1) is 21.1 Å². The second-order valence-electron chi connectivity index (χ2n) is 9.73. The summed E-state index contributed by atoms with van der Waals surface area (Å²) in [5, 5.41) is 0.739. The SMILES string of the molecule is CCN(CC)c1ccc2c(-c3ccc(S(=O)(=O)C(C)C)cc3S(=O)(=O)[O-])c3cc/c(=[N+](\C)CC)cc-3oc2c1. The number of benzene rings is 3. The fourth-order valence-electron chi connectivity index (χ4n) is 4.73. The maximum absolute atomic E-state index is 12.9. The molecular weight excluding hydrogens is 536 g/mol. The van der Waals surface area contributed by atoms with Gasteiger partial charge < -0.3 is 13.9 Å². The van der Waals surface area contributed by atoms with Crippen molar-refractivity contribution in [2.75, 3.05) is 31.6 Å². The molecule has 2 aromatic carbocycles. The maximum Gasteiger partial charge on any atom is 0.203 e. The highest BCUT2D eigenvalue weighted by Gasteiger charge is 2.26. The van der Waals surface area contributed by atoms with E-state index in [0.717, 1.165) is 36.7 Å². The average Bonchev–Trinajstić information content (AvgIpc) is 2.90. The molecule has 208 valence electrons. The second kappa shape index (κ2) is 10.7. The van der Waals surface area contributed by atoms with Gasteiger partial charge in [0, 0.05) is 53.0 Å². The molecule has 0 spiro atoms. The Labute approximate surface area is 230 Å². The summed E-state index contributed by atoms with van der Waals surface area (Å²) in [5.74, 6) is 0.514. The predicted molar refractivity (Wildman–Crippen MR) is 154 cm³/mol. The molecule has 1 heterocycles. The number of fused-ring (bicyclic) bond motifs is 2. The molecule has 0 N–H and O–H groups in total. The molecule has 0 radical (unpaired) electrons. The molecule has 0 fully saturated rings. The maximum atomic E-state index is 12.9. The number of anilines is 1. The normalized spacial score (nSPS) is 13.3. The molecule has 39 heavy (non-hydrogen) atoms. The van der Waals surface area contributed by atoms with Crippen molar-refractivity contribution in [2.24, 2.45) is 0 Å². The van der Waals surface area contributed by atoms with Gasteiger partial charge in [0.25, 0.3) is 0 Å². The summed E-state index contributed by atoms with van der Waals surface area (Å²) in [6.45, 7) is 11.5. The van der Waals surface area contributed by atoms with Crippen LogP contribution >= 0.6 is 0 Å². The van der Waals surface area contributed by atoms with Crippen LogP contribution in [0.5, 0.6) is 0 Å². The summed E-state index contributed by atoms with van der Waals surface area (Å²) >= 11 is 0. The molecule has 0 aromatic heterocycles. The van der Waals surface area contributed by atoms with Crippen LogP contribution in [0.4, 0.5) is 5.69 Å². The van der Waals surface area contributed by atoms with E-state index in [9.17, 15) is 21.4 Å². The van der Waals surface area contributed by atoms with Gasteiger partial charge in [-0.25, -0.2) is 21.4 Å². The average molecular weight is 571 g/mol. The van der Waals surface area contributed by atoms with Gasteiger partial charge in [0.15, 0.2) is 9.84 Å². The van der Waals surface area contributed by atoms with Crippen molar-refractivity contribution in [1.29, 1.82) is 0 Å². The van der Waals surface area contributed by atoms with Crippen LogP contribution in [0.15, 0.2) is 68.8 Å². The summed E-state index contributed by atoms with van der Waals surface area (Å²) in [7, 11) is -6.90. The standard InChI is InChI=1S/C29H34N2O6S2/c1-7-30(6)20-10-13-23-26(16-20)37-27-17-21(31(8-2)9-3)11-14-24(27)29(23)25-15-12-22(38(32,33)19(4)5)18-28(25)39(34,35)36/h10-19H,7-9H2,1-6H3. The topological polar surface area (TPSA) is 111 Å². The van der Waals surface area contributed by atoms with E-state index in [1.165, 1.54) is 26.0 Å². The fraction of sp³-hybridized carbons (Fsp3) is 0.345. The van der Waals surface area contributed by atoms with Crippen LogP contribution < -0.4 is 14.8 Å². The molecule has 10 heteroatoms. The van der Waals surface area contributed by atoms with Gasteiger partial charge in [-0.1, -0.05) is 6.07 Å². The third-order valence-electron chi connectivity index (χ3n) is 7.17. The minimum absolute atomic E-state index is 0.130. The third-order valence-corrected chi connectivity index (χ3v) is 10.2. The lowest BCUT2D eigenvalue weighted by molar-refractivity contribution is 0.463. The number of rotatable bonds is 8. The highest BCUT2D eigenvalue weighted by Crippen LogP contribution is 2.43. The van der Waals surface area contributed by atoms with Crippen LogP contribution in [-0.2, 0) is 20.0 Å². The van der Waals surface area contributed by atoms with Crippen molar-refractivity contribution in [3.63, 3.8) is 0 Å². The molecule has 1 aliphatic heterocycles. The molecule has 0 saturated heterocycles. The molecule has 0 saturated carbocycles. The summed E-state index contributed by atoms with van der Waals surface area (Å²) in [6, 6.07) is 15.1. The zero-order valence-electron chi connectivity index (χ0n) is 23.1. The molecule has 4 rings (SSSR count). The van der Waals surface area contributed by atoms with E-state index in [0.29, 0.717) is 27.9 Å². The number of sulfone groups is 1. The van der Waals surface area contributed by atoms with E-state index >= 15 is 0 Å². The highest BCUT2D eigenvalue weighted by molar-refractivity contribution is 7.92. The Morgan fingerprint density at radius 1 is 0.897 bits per heavy atom. The van der Waals surface area contributed by atoms with Gasteiger partial charge in [-0.15, -0.1) is 0 Å². The lowest BCUT2D eigenvalue weighted by atomic mass is 9.93. The molecular formula is C29H34N2O6S2. The Kier molecular flexibility index (Phi) is 7.93. The first-order chi connectivity index (χ1) is 18.3. The van der Waals surface area contributed by atoms with Crippen molar-refractivity contribution in [3.8, 4) is 22.5 Å². The summed E-state index contributed by atoms with van der Waals surface area (Å²) in [6.07, 6.45) is 0. The number of nitrogens with zero attached hydrogens (tertiary/aromatic N) is 2. The van der Waals surface area contributed by atoms with Crippen LogP contribution in [0.25, 0.3) is 33.4 Å². The van der Waals surface area contributed by atoms with Crippen LogP contribution in [0.2, 0.25) is 0 Å². The quantitative estimate of drug-likeness (QED) is 0.173. The van der Waals surface area contributed by atoms with Crippen molar-refractivity contribution >= 4 is 36.6 Å². The fourth-order valence-corrected chi connectivity index (χ4v) is 6.60. The Morgan fingerprint density at radius 2 is 1.56 bits per heavy atom. The predicted octanol–water partition coefficient (Wildman–Crippen LogP) is 4.56. The summed E-state index contributed by atoms with van der Waals surface area (Å²) < 4.78 is 71.8. The van der Waals surface area contributed by atoms with Crippen molar-refractivity contribution in [3.05, 3.63) is 60.0 Å². The van der Waals surface area contributed by atoms with E-state index < -0.39 is 30.1 Å².